The summed E-state index contributed by atoms with van der Waals surface area (Å²) in [7, 11) is -6.77. The summed E-state index contributed by atoms with van der Waals surface area (Å²) in [6.45, 7) is 3.39. The number of fused-ring (bicyclic) bond motifs is 1. The van der Waals surface area contributed by atoms with Gasteiger partial charge in [-0.1, -0.05) is 24.3 Å². The van der Waals surface area contributed by atoms with E-state index in [4.69, 9.17) is 0 Å². The smallest absolute Gasteiger partial charge is 0.177 e. The molecule has 2 heterocycles. The number of benzene rings is 2. The molecule has 0 spiro atoms. The number of hydrogen-bond donors (Lipinski definition) is 0. The fraction of sp³-hybridized carbons (Fsp3) is 0.200. The van der Waals surface area contributed by atoms with E-state index in [2.05, 4.69) is 9.97 Å². The van der Waals surface area contributed by atoms with E-state index >= 15 is 0 Å². The van der Waals surface area contributed by atoms with Crippen LogP contribution in [0.2, 0.25) is 0 Å². The van der Waals surface area contributed by atoms with Crippen molar-refractivity contribution in [2.24, 2.45) is 0 Å². The van der Waals surface area contributed by atoms with Gasteiger partial charge in [-0.2, -0.15) is 0 Å². The SMILES string of the molecule is CC(C)(c1cc(-c2cccc(-c3cncc(S(C)(=O)=O)c3)c2)c2ncccc2c1)S(C)(=O)=O. The molecule has 0 amide bonds. The number of hydrogen-bond acceptors (Lipinski definition) is 6. The number of pyridine rings is 2. The Hall–Kier alpha value is -3.10. The normalized spacial score (nSPS) is 12.7. The Morgan fingerprint density at radius 2 is 1.52 bits per heavy atom. The molecule has 0 N–H and O–H groups in total. The van der Waals surface area contributed by atoms with Gasteiger partial charge in [-0.25, -0.2) is 16.8 Å². The van der Waals surface area contributed by atoms with E-state index in [1.807, 2.05) is 48.5 Å². The van der Waals surface area contributed by atoms with E-state index in [0.29, 0.717) is 11.1 Å². The Labute approximate surface area is 194 Å². The fourth-order valence-corrected chi connectivity index (χ4v) is 4.76. The summed E-state index contributed by atoms with van der Waals surface area (Å²) in [5.74, 6) is 0. The molecule has 6 nitrogen and oxygen atoms in total. The van der Waals surface area contributed by atoms with Crippen LogP contribution >= 0.6 is 0 Å². The lowest BCUT2D eigenvalue weighted by molar-refractivity contribution is 0.561. The Kier molecular flexibility index (Phi) is 5.62. The topological polar surface area (TPSA) is 94.1 Å². The largest absolute Gasteiger partial charge is 0.263 e. The van der Waals surface area contributed by atoms with Crippen molar-refractivity contribution in [2.45, 2.75) is 23.5 Å². The van der Waals surface area contributed by atoms with Crippen LogP contribution in [0.5, 0.6) is 0 Å². The van der Waals surface area contributed by atoms with Crippen molar-refractivity contribution in [2.75, 3.05) is 12.5 Å². The number of sulfone groups is 2. The Bertz CT molecular complexity index is 1590. The predicted molar refractivity (Wildman–Crippen MR) is 131 cm³/mol. The van der Waals surface area contributed by atoms with Gasteiger partial charge in [0, 0.05) is 47.6 Å². The van der Waals surface area contributed by atoms with Crippen molar-refractivity contribution in [1.29, 1.82) is 0 Å². The van der Waals surface area contributed by atoms with E-state index in [9.17, 15) is 16.8 Å². The van der Waals surface area contributed by atoms with Crippen LogP contribution in [-0.2, 0) is 24.4 Å². The maximum atomic E-state index is 12.5. The summed E-state index contributed by atoms with van der Waals surface area (Å²) in [6.07, 6.45) is 7.04. The minimum Gasteiger partial charge on any atom is -0.263 e. The lowest BCUT2D eigenvalue weighted by atomic mass is 9.92. The molecule has 0 aliphatic rings. The van der Waals surface area contributed by atoms with Crippen LogP contribution in [0.3, 0.4) is 0 Å². The first kappa shape index (κ1) is 23.1. The highest BCUT2D eigenvalue weighted by Gasteiger charge is 2.33. The van der Waals surface area contributed by atoms with Crippen LogP contribution in [0.15, 0.2) is 78.1 Å². The third kappa shape index (κ3) is 4.41. The second-order valence-corrected chi connectivity index (χ2v) is 13.2. The maximum absolute atomic E-state index is 12.5. The van der Waals surface area contributed by atoms with Gasteiger partial charge in [0.2, 0.25) is 0 Å². The molecule has 0 fully saturated rings. The quantitative estimate of drug-likeness (QED) is 0.413. The van der Waals surface area contributed by atoms with Gasteiger partial charge in [0.25, 0.3) is 0 Å². The molecule has 0 atom stereocenters. The van der Waals surface area contributed by atoms with Gasteiger partial charge in [-0.3, -0.25) is 9.97 Å². The van der Waals surface area contributed by atoms with Crippen LogP contribution < -0.4 is 0 Å². The van der Waals surface area contributed by atoms with Gasteiger partial charge in [-0.05, 0) is 60.9 Å². The van der Waals surface area contributed by atoms with Gasteiger partial charge in [-0.15, -0.1) is 0 Å². The number of aromatic nitrogens is 2. The van der Waals surface area contributed by atoms with Gasteiger partial charge >= 0.3 is 0 Å². The molecule has 0 saturated carbocycles. The van der Waals surface area contributed by atoms with E-state index in [0.717, 1.165) is 33.8 Å². The van der Waals surface area contributed by atoms with Crippen molar-refractivity contribution in [3.63, 3.8) is 0 Å². The van der Waals surface area contributed by atoms with E-state index < -0.39 is 24.4 Å². The molecule has 8 heteroatoms. The zero-order valence-electron chi connectivity index (χ0n) is 18.8. The van der Waals surface area contributed by atoms with Crippen molar-refractivity contribution < 1.29 is 16.8 Å². The van der Waals surface area contributed by atoms with Crippen LogP contribution in [0.25, 0.3) is 33.2 Å². The molecular formula is C25H24N2O4S2. The second-order valence-electron chi connectivity index (χ2n) is 8.64. The molecule has 170 valence electrons. The summed E-state index contributed by atoms with van der Waals surface area (Å²) in [5.41, 5.74) is 4.53. The first-order chi connectivity index (χ1) is 15.4. The molecule has 4 aromatic rings. The fourth-order valence-electron chi connectivity index (χ4n) is 3.62. The standard InChI is InChI=1S/C25H24N2O4S2/c1-25(2,33(4,30)31)21-12-19-9-6-10-27-24(19)23(14-21)18-8-5-7-17(11-18)20-13-22(16-26-15-20)32(3,28)29/h5-16H,1-4H3. The van der Waals surface area contributed by atoms with E-state index in [1.54, 1.807) is 32.3 Å². The minimum atomic E-state index is -3.39. The third-order valence-corrected chi connectivity index (χ3v) is 9.14. The highest BCUT2D eigenvalue weighted by atomic mass is 32.2. The molecule has 0 unspecified atom stereocenters. The zero-order chi connectivity index (χ0) is 24.0. The molecule has 0 radical (unpaired) electrons. The second kappa shape index (κ2) is 8.04. The van der Waals surface area contributed by atoms with Gasteiger partial charge in [0.15, 0.2) is 19.7 Å². The first-order valence-corrected chi connectivity index (χ1v) is 14.0. The van der Waals surface area contributed by atoms with Crippen molar-refractivity contribution >= 4 is 30.6 Å². The molecule has 0 saturated heterocycles. The Balaban J connectivity index is 1.94. The first-order valence-electron chi connectivity index (χ1n) is 10.2. The molecule has 33 heavy (non-hydrogen) atoms. The van der Waals surface area contributed by atoms with Gasteiger partial charge < -0.3 is 0 Å². The highest BCUT2D eigenvalue weighted by Crippen LogP contribution is 2.37. The van der Waals surface area contributed by atoms with Crippen LogP contribution in [0.1, 0.15) is 19.4 Å². The van der Waals surface area contributed by atoms with Gasteiger partial charge in [0.05, 0.1) is 15.2 Å². The molecule has 0 aliphatic heterocycles. The Morgan fingerprint density at radius 3 is 2.21 bits per heavy atom. The molecule has 0 aliphatic carbocycles. The zero-order valence-corrected chi connectivity index (χ0v) is 20.4. The molecule has 2 aromatic heterocycles. The van der Waals surface area contributed by atoms with Gasteiger partial charge in [0.1, 0.15) is 0 Å². The summed E-state index contributed by atoms with van der Waals surface area (Å²) in [6, 6.07) is 16.7. The molecule has 0 bridgehead atoms. The molecule has 4 rings (SSSR count). The highest BCUT2D eigenvalue weighted by molar-refractivity contribution is 7.91. The number of nitrogens with zero attached hydrogens (tertiary/aromatic N) is 2. The summed E-state index contributed by atoms with van der Waals surface area (Å²) in [4.78, 5) is 8.79. The molecular weight excluding hydrogens is 456 g/mol. The average molecular weight is 481 g/mol. The van der Waals surface area contributed by atoms with Crippen molar-refractivity contribution in [1.82, 2.24) is 9.97 Å². The van der Waals surface area contributed by atoms with Crippen molar-refractivity contribution in [3.05, 3.63) is 78.8 Å². The lowest BCUT2D eigenvalue weighted by Gasteiger charge is -2.24. The minimum absolute atomic E-state index is 0.148. The van der Waals surface area contributed by atoms with Crippen LogP contribution in [0.4, 0.5) is 0 Å². The average Bonchev–Trinajstić information content (AvgIpc) is 2.77. The summed E-state index contributed by atoms with van der Waals surface area (Å²) in [5, 5.41) is 0.841. The maximum Gasteiger partial charge on any atom is 0.177 e. The van der Waals surface area contributed by atoms with E-state index in [1.165, 1.54) is 12.5 Å². The summed E-state index contributed by atoms with van der Waals surface area (Å²) >= 11 is 0. The van der Waals surface area contributed by atoms with Crippen LogP contribution in [0, 0.1) is 0 Å². The predicted octanol–water partition coefficient (Wildman–Crippen LogP) is 4.65. The summed E-state index contributed by atoms with van der Waals surface area (Å²) < 4.78 is 47.9. The number of rotatable bonds is 5. The third-order valence-electron chi connectivity index (χ3n) is 5.98. The van der Waals surface area contributed by atoms with E-state index in [-0.39, 0.29) is 4.90 Å². The molecule has 2 aromatic carbocycles. The Morgan fingerprint density at radius 1 is 0.788 bits per heavy atom. The van der Waals surface area contributed by atoms with Crippen molar-refractivity contribution in [3.8, 4) is 22.3 Å². The lowest BCUT2D eigenvalue weighted by Crippen LogP contribution is -2.28. The monoisotopic (exact) mass is 480 g/mol. The van der Waals surface area contributed by atoms with Crippen LogP contribution in [-0.4, -0.2) is 39.3 Å².